The van der Waals surface area contributed by atoms with Crippen LogP contribution in [0.1, 0.15) is 6.42 Å². The minimum Gasteiger partial charge on any atom is -0.368 e. The van der Waals surface area contributed by atoms with Crippen LogP contribution in [0.25, 0.3) is 0 Å². The summed E-state index contributed by atoms with van der Waals surface area (Å²) in [5, 5.41) is 0. The Kier molecular flexibility index (Phi) is 4.15. The van der Waals surface area contributed by atoms with Gasteiger partial charge < -0.3 is 14.7 Å². The van der Waals surface area contributed by atoms with E-state index in [4.69, 9.17) is 0 Å². The Bertz CT molecular complexity index is 700. The van der Waals surface area contributed by atoms with Crippen molar-refractivity contribution in [3.8, 4) is 0 Å². The molecular formula is C20H24FN3. The van der Waals surface area contributed by atoms with Gasteiger partial charge in [-0.15, -0.1) is 0 Å². The zero-order valence-corrected chi connectivity index (χ0v) is 14.2. The van der Waals surface area contributed by atoms with E-state index in [1.54, 1.807) is 12.1 Å². The number of benzene rings is 2. The molecule has 1 saturated heterocycles. The number of rotatable bonds is 3. The van der Waals surface area contributed by atoms with Crippen LogP contribution in [-0.4, -0.2) is 44.7 Å². The second-order valence-corrected chi connectivity index (χ2v) is 6.98. The molecule has 126 valence electrons. The van der Waals surface area contributed by atoms with E-state index >= 15 is 0 Å². The summed E-state index contributed by atoms with van der Waals surface area (Å²) in [6.45, 7) is 5.47. The van der Waals surface area contributed by atoms with E-state index in [0.717, 1.165) is 31.2 Å². The molecule has 1 fully saturated rings. The van der Waals surface area contributed by atoms with Gasteiger partial charge >= 0.3 is 0 Å². The van der Waals surface area contributed by atoms with Crippen LogP contribution in [0.4, 0.5) is 21.5 Å². The first-order chi connectivity index (χ1) is 11.7. The van der Waals surface area contributed by atoms with Gasteiger partial charge in [0.2, 0.25) is 0 Å². The minimum atomic E-state index is -0.184. The van der Waals surface area contributed by atoms with Gasteiger partial charge in [0.15, 0.2) is 0 Å². The summed E-state index contributed by atoms with van der Waals surface area (Å²) in [4.78, 5) is 7.25. The van der Waals surface area contributed by atoms with Crippen molar-refractivity contribution in [1.29, 1.82) is 0 Å². The molecule has 2 aromatic rings. The molecule has 0 radical (unpaired) electrons. The van der Waals surface area contributed by atoms with Crippen molar-refractivity contribution in [2.24, 2.45) is 5.92 Å². The van der Waals surface area contributed by atoms with E-state index in [1.807, 2.05) is 12.1 Å². The van der Waals surface area contributed by atoms with Gasteiger partial charge in [-0.3, -0.25) is 0 Å². The van der Waals surface area contributed by atoms with Crippen molar-refractivity contribution in [2.45, 2.75) is 6.42 Å². The maximum atomic E-state index is 13.2. The molecule has 0 N–H and O–H groups in total. The number of fused-ring (bicyclic) bond motifs is 1. The molecule has 2 aromatic carbocycles. The van der Waals surface area contributed by atoms with Gasteiger partial charge in [-0.25, -0.2) is 4.39 Å². The maximum Gasteiger partial charge on any atom is 0.123 e. The second-order valence-electron chi connectivity index (χ2n) is 6.98. The molecule has 4 heteroatoms. The maximum absolute atomic E-state index is 13.2. The van der Waals surface area contributed by atoms with Crippen LogP contribution >= 0.6 is 0 Å². The van der Waals surface area contributed by atoms with Crippen molar-refractivity contribution in [1.82, 2.24) is 4.90 Å². The quantitative estimate of drug-likeness (QED) is 0.851. The fourth-order valence-electron chi connectivity index (χ4n) is 3.99. The van der Waals surface area contributed by atoms with Gasteiger partial charge in [0.25, 0.3) is 0 Å². The Morgan fingerprint density at radius 2 is 1.71 bits per heavy atom. The van der Waals surface area contributed by atoms with Crippen LogP contribution in [0.2, 0.25) is 0 Å². The zero-order valence-electron chi connectivity index (χ0n) is 14.2. The molecule has 0 spiro atoms. The van der Waals surface area contributed by atoms with Crippen molar-refractivity contribution in [2.75, 3.05) is 49.6 Å². The van der Waals surface area contributed by atoms with Gasteiger partial charge in [0.1, 0.15) is 5.82 Å². The van der Waals surface area contributed by atoms with Gasteiger partial charge in [-0.1, -0.05) is 12.1 Å². The first-order valence-corrected chi connectivity index (χ1v) is 8.76. The molecule has 2 heterocycles. The van der Waals surface area contributed by atoms with Gasteiger partial charge in [-0.2, -0.15) is 0 Å². The Balaban J connectivity index is 1.59. The largest absolute Gasteiger partial charge is 0.368 e. The summed E-state index contributed by atoms with van der Waals surface area (Å²) in [5.74, 6) is 0.566. The smallest absolute Gasteiger partial charge is 0.123 e. The number of hydrogen-bond donors (Lipinski definition) is 0. The molecular weight excluding hydrogens is 301 g/mol. The lowest BCUT2D eigenvalue weighted by molar-refractivity contribution is 0.394. The van der Waals surface area contributed by atoms with E-state index in [-0.39, 0.29) is 5.82 Å². The lowest BCUT2D eigenvalue weighted by Crippen LogP contribution is -2.41. The molecule has 0 aliphatic carbocycles. The summed E-state index contributed by atoms with van der Waals surface area (Å²) >= 11 is 0. The third kappa shape index (κ3) is 2.98. The minimum absolute atomic E-state index is 0.184. The summed E-state index contributed by atoms with van der Waals surface area (Å²) in [6.07, 6.45) is 1.29. The monoisotopic (exact) mass is 325 g/mol. The molecule has 3 nitrogen and oxygen atoms in total. The standard InChI is InChI=1S/C20H24FN3/c1-22-11-10-16(14-22)15-23-12-13-24(18-8-6-17(21)7-9-18)20-5-3-2-4-19(20)23/h2-9,16H,10-15H2,1H3/t16-/m1/s1. The molecule has 1 atom stereocenters. The predicted octanol–water partition coefficient (Wildman–Crippen LogP) is 3.74. The number of anilines is 3. The molecule has 2 aliphatic heterocycles. The van der Waals surface area contributed by atoms with Crippen LogP contribution < -0.4 is 9.80 Å². The normalized spacial score (nSPS) is 21.2. The summed E-state index contributed by atoms with van der Waals surface area (Å²) in [5.41, 5.74) is 3.58. The van der Waals surface area contributed by atoms with Crippen LogP contribution in [0, 0.1) is 11.7 Å². The zero-order chi connectivity index (χ0) is 16.5. The Hall–Kier alpha value is -2.07. The van der Waals surface area contributed by atoms with Gasteiger partial charge in [0.05, 0.1) is 11.4 Å². The molecule has 0 bridgehead atoms. The van der Waals surface area contributed by atoms with Crippen LogP contribution in [-0.2, 0) is 0 Å². The van der Waals surface area contributed by atoms with Crippen molar-refractivity contribution in [3.05, 3.63) is 54.3 Å². The number of halogens is 1. The molecule has 0 aromatic heterocycles. The fourth-order valence-corrected chi connectivity index (χ4v) is 3.99. The van der Waals surface area contributed by atoms with E-state index in [9.17, 15) is 4.39 Å². The summed E-state index contributed by atoms with van der Waals surface area (Å²) in [6, 6.07) is 15.4. The summed E-state index contributed by atoms with van der Waals surface area (Å²) in [7, 11) is 2.21. The first-order valence-electron chi connectivity index (χ1n) is 8.76. The van der Waals surface area contributed by atoms with Crippen molar-refractivity contribution >= 4 is 17.1 Å². The topological polar surface area (TPSA) is 9.72 Å². The third-order valence-corrected chi connectivity index (χ3v) is 5.21. The predicted molar refractivity (Wildman–Crippen MR) is 97.7 cm³/mol. The molecule has 2 aliphatic rings. The molecule has 0 unspecified atom stereocenters. The lowest BCUT2D eigenvalue weighted by Gasteiger charge is -2.40. The third-order valence-electron chi connectivity index (χ3n) is 5.21. The molecule has 24 heavy (non-hydrogen) atoms. The average Bonchev–Trinajstić information content (AvgIpc) is 3.01. The molecule has 0 amide bonds. The summed E-state index contributed by atoms with van der Waals surface area (Å²) < 4.78 is 13.2. The Labute approximate surface area is 143 Å². The highest BCUT2D eigenvalue weighted by Crippen LogP contribution is 2.38. The molecule has 4 rings (SSSR count). The van der Waals surface area contributed by atoms with E-state index < -0.39 is 0 Å². The SMILES string of the molecule is CN1CC[C@@H](CN2CCN(c3ccc(F)cc3)c3ccccc32)C1. The Morgan fingerprint density at radius 3 is 2.42 bits per heavy atom. The number of hydrogen-bond acceptors (Lipinski definition) is 3. The second kappa shape index (κ2) is 6.44. The van der Waals surface area contributed by atoms with E-state index in [2.05, 4.69) is 46.0 Å². The number of likely N-dealkylation sites (tertiary alicyclic amines) is 1. The fraction of sp³-hybridized carbons (Fsp3) is 0.400. The molecule has 0 saturated carbocycles. The van der Waals surface area contributed by atoms with Crippen LogP contribution in [0.15, 0.2) is 48.5 Å². The van der Waals surface area contributed by atoms with Crippen molar-refractivity contribution < 1.29 is 4.39 Å². The van der Waals surface area contributed by atoms with Gasteiger partial charge in [0, 0.05) is 31.9 Å². The highest BCUT2D eigenvalue weighted by molar-refractivity contribution is 5.79. The van der Waals surface area contributed by atoms with Crippen LogP contribution in [0.5, 0.6) is 0 Å². The highest BCUT2D eigenvalue weighted by Gasteiger charge is 2.27. The number of nitrogens with zero attached hydrogens (tertiary/aromatic N) is 3. The Morgan fingerprint density at radius 1 is 0.958 bits per heavy atom. The van der Waals surface area contributed by atoms with E-state index in [1.165, 1.54) is 30.9 Å². The number of para-hydroxylation sites is 2. The lowest BCUT2D eigenvalue weighted by atomic mass is 10.1. The average molecular weight is 325 g/mol. The van der Waals surface area contributed by atoms with Crippen molar-refractivity contribution in [3.63, 3.8) is 0 Å². The first kappa shape index (κ1) is 15.5. The van der Waals surface area contributed by atoms with Crippen LogP contribution in [0.3, 0.4) is 0 Å². The van der Waals surface area contributed by atoms with E-state index in [0.29, 0.717) is 0 Å². The van der Waals surface area contributed by atoms with Gasteiger partial charge in [-0.05, 0) is 62.3 Å². The highest BCUT2D eigenvalue weighted by atomic mass is 19.1.